The van der Waals surface area contributed by atoms with Gasteiger partial charge in [-0.25, -0.2) is 0 Å². The largest absolute Gasteiger partial charge is 0.384 e. The van der Waals surface area contributed by atoms with E-state index >= 15 is 0 Å². The minimum absolute atomic E-state index is 0.209. The number of aromatic nitrogens is 1. The van der Waals surface area contributed by atoms with Gasteiger partial charge in [0.05, 0.1) is 11.3 Å². The van der Waals surface area contributed by atoms with Crippen LogP contribution in [0.3, 0.4) is 0 Å². The standard InChI is InChI=1S/C15H19N3O2/c1-4-7-16-13-8-10(2)5-6-12(13)15(19)17-14-9-11(3)18-20-14/h5-6,8-9,16H,4,7H2,1-3H3,(H,17,19). The molecule has 0 aliphatic heterocycles. The van der Waals surface area contributed by atoms with E-state index in [0.29, 0.717) is 11.4 Å². The highest BCUT2D eigenvalue weighted by molar-refractivity contribution is 6.07. The van der Waals surface area contributed by atoms with Gasteiger partial charge in [-0.05, 0) is 38.0 Å². The van der Waals surface area contributed by atoms with Crippen LogP contribution >= 0.6 is 0 Å². The van der Waals surface area contributed by atoms with Crippen molar-refractivity contribution in [2.45, 2.75) is 27.2 Å². The second-order valence-corrected chi connectivity index (χ2v) is 4.76. The van der Waals surface area contributed by atoms with E-state index in [1.807, 2.05) is 25.1 Å². The Bertz CT molecular complexity index is 605. The predicted octanol–water partition coefficient (Wildman–Crippen LogP) is 3.37. The van der Waals surface area contributed by atoms with Crippen LogP contribution in [0.1, 0.15) is 35.0 Å². The summed E-state index contributed by atoms with van der Waals surface area (Å²) in [6.07, 6.45) is 0.996. The van der Waals surface area contributed by atoms with E-state index in [1.165, 1.54) is 0 Å². The van der Waals surface area contributed by atoms with Crippen LogP contribution in [0.4, 0.5) is 11.6 Å². The van der Waals surface area contributed by atoms with Gasteiger partial charge in [-0.15, -0.1) is 0 Å². The average Bonchev–Trinajstić information content (AvgIpc) is 2.81. The molecule has 5 heteroatoms. The fourth-order valence-corrected chi connectivity index (χ4v) is 1.86. The van der Waals surface area contributed by atoms with Crippen LogP contribution in [-0.2, 0) is 0 Å². The molecule has 106 valence electrons. The first-order valence-electron chi connectivity index (χ1n) is 6.69. The van der Waals surface area contributed by atoms with E-state index in [2.05, 4.69) is 22.7 Å². The predicted molar refractivity (Wildman–Crippen MR) is 79.2 cm³/mol. The first kappa shape index (κ1) is 14.1. The van der Waals surface area contributed by atoms with E-state index in [0.717, 1.165) is 29.9 Å². The van der Waals surface area contributed by atoms with Crippen molar-refractivity contribution in [2.75, 3.05) is 17.2 Å². The molecule has 0 aliphatic rings. The molecule has 0 unspecified atom stereocenters. The smallest absolute Gasteiger partial charge is 0.260 e. The number of carbonyl (C=O) groups excluding carboxylic acids is 1. The lowest BCUT2D eigenvalue weighted by Gasteiger charge is -2.11. The van der Waals surface area contributed by atoms with Crippen molar-refractivity contribution >= 4 is 17.5 Å². The zero-order chi connectivity index (χ0) is 14.5. The summed E-state index contributed by atoms with van der Waals surface area (Å²) in [6, 6.07) is 7.38. The summed E-state index contributed by atoms with van der Waals surface area (Å²) in [5.41, 5.74) is 3.27. The average molecular weight is 273 g/mol. The molecule has 0 saturated carbocycles. The van der Waals surface area contributed by atoms with Gasteiger partial charge in [0.1, 0.15) is 0 Å². The monoisotopic (exact) mass is 273 g/mol. The molecule has 0 fully saturated rings. The topological polar surface area (TPSA) is 67.2 Å². The van der Waals surface area contributed by atoms with Gasteiger partial charge in [-0.2, -0.15) is 0 Å². The van der Waals surface area contributed by atoms with Crippen molar-refractivity contribution in [3.8, 4) is 0 Å². The van der Waals surface area contributed by atoms with Gasteiger partial charge < -0.3 is 9.84 Å². The fourth-order valence-electron chi connectivity index (χ4n) is 1.86. The van der Waals surface area contributed by atoms with Crippen LogP contribution in [0.5, 0.6) is 0 Å². The molecule has 0 radical (unpaired) electrons. The fraction of sp³-hybridized carbons (Fsp3) is 0.333. The molecule has 1 heterocycles. The number of benzene rings is 1. The molecular weight excluding hydrogens is 254 g/mol. The van der Waals surface area contributed by atoms with Crippen LogP contribution in [0.2, 0.25) is 0 Å². The van der Waals surface area contributed by atoms with Crippen LogP contribution in [0.25, 0.3) is 0 Å². The molecule has 0 spiro atoms. The molecule has 0 atom stereocenters. The number of hydrogen-bond donors (Lipinski definition) is 2. The number of rotatable bonds is 5. The van der Waals surface area contributed by atoms with Gasteiger partial charge in [0.25, 0.3) is 5.91 Å². The Hall–Kier alpha value is -2.30. The zero-order valence-corrected chi connectivity index (χ0v) is 12.0. The molecule has 2 aromatic rings. The Kier molecular flexibility index (Phi) is 4.40. The summed E-state index contributed by atoms with van der Waals surface area (Å²) in [5, 5.41) is 9.72. The molecule has 1 aromatic heterocycles. The third-order valence-corrected chi connectivity index (χ3v) is 2.85. The number of aryl methyl sites for hydroxylation is 2. The lowest BCUT2D eigenvalue weighted by molar-refractivity contribution is 0.102. The van der Waals surface area contributed by atoms with E-state index in [-0.39, 0.29) is 5.91 Å². The van der Waals surface area contributed by atoms with Crippen LogP contribution in [0, 0.1) is 13.8 Å². The van der Waals surface area contributed by atoms with Gasteiger partial charge in [0.15, 0.2) is 0 Å². The molecular formula is C15H19N3O2. The van der Waals surface area contributed by atoms with Crippen molar-refractivity contribution in [2.24, 2.45) is 0 Å². The minimum atomic E-state index is -0.209. The maximum atomic E-state index is 12.3. The summed E-state index contributed by atoms with van der Waals surface area (Å²) in [5.74, 6) is 0.147. The lowest BCUT2D eigenvalue weighted by atomic mass is 10.1. The van der Waals surface area contributed by atoms with Crippen LogP contribution in [0.15, 0.2) is 28.8 Å². The number of hydrogen-bond acceptors (Lipinski definition) is 4. The molecule has 2 rings (SSSR count). The second kappa shape index (κ2) is 6.23. The van der Waals surface area contributed by atoms with Gasteiger partial charge in [0.2, 0.25) is 5.88 Å². The van der Waals surface area contributed by atoms with Crippen LogP contribution in [-0.4, -0.2) is 17.6 Å². The van der Waals surface area contributed by atoms with Crippen molar-refractivity contribution in [1.29, 1.82) is 0 Å². The summed E-state index contributed by atoms with van der Waals surface area (Å²) >= 11 is 0. The number of nitrogens with zero attached hydrogens (tertiary/aromatic N) is 1. The number of amides is 1. The highest BCUT2D eigenvalue weighted by atomic mass is 16.5. The Balaban J connectivity index is 2.19. The van der Waals surface area contributed by atoms with Gasteiger partial charge in [-0.1, -0.05) is 18.1 Å². The normalized spacial score (nSPS) is 10.3. The highest BCUT2D eigenvalue weighted by Gasteiger charge is 2.13. The SMILES string of the molecule is CCCNc1cc(C)ccc1C(=O)Nc1cc(C)no1. The molecule has 20 heavy (non-hydrogen) atoms. The zero-order valence-electron chi connectivity index (χ0n) is 12.0. The summed E-state index contributed by atoms with van der Waals surface area (Å²) in [6.45, 7) is 6.71. The quantitative estimate of drug-likeness (QED) is 0.876. The molecule has 0 aliphatic carbocycles. The third-order valence-electron chi connectivity index (χ3n) is 2.85. The molecule has 5 nitrogen and oxygen atoms in total. The highest BCUT2D eigenvalue weighted by Crippen LogP contribution is 2.19. The van der Waals surface area contributed by atoms with E-state index < -0.39 is 0 Å². The number of anilines is 2. The molecule has 0 bridgehead atoms. The van der Waals surface area contributed by atoms with Crippen molar-refractivity contribution in [3.63, 3.8) is 0 Å². The van der Waals surface area contributed by atoms with Gasteiger partial charge in [-0.3, -0.25) is 10.1 Å². The molecule has 0 saturated heterocycles. The Labute approximate surface area is 118 Å². The number of carbonyl (C=O) groups is 1. The van der Waals surface area contributed by atoms with Crippen molar-refractivity contribution in [1.82, 2.24) is 5.16 Å². The Morgan fingerprint density at radius 2 is 2.10 bits per heavy atom. The molecule has 2 N–H and O–H groups in total. The molecule has 1 aromatic carbocycles. The summed E-state index contributed by atoms with van der Waals surface area (Å²) in [7, 11) is 0. The van der Waals surface area contributed by atoms with E-state index in [9.17, 15) is 4.79 Å². The maximum Gasteiger partial charge on any atom is 0.260 e. The van der Waals surface area contributed by atoms with E-state index in [4.69, 9.17) is 4.52 Å². The van der Waals surface area contributed by atoms with Crippen molar-refractivity contribution < 1.29 is 9.32 Å². The first-order valence-corrected chi connectivity index (χ1v) is 6.69. The lowest BCUT2D eigenvalue weighted by Crippen LogP contribution is -2.15. The molecule has 1 amide bonds. The summed E-state index contributed by atoms with van der Waals surface area (Å²) in [4.78, 5) is 12.3. The number of nitrogens with one attached hydrogen (secondary N) is 2. The Morgan fingerprint density at radius 3 is 2.75 bits per heavy atom. The van der Waals surface area contributed by atoms with Crippen molar-refractivity contribution in [3.05, 3.63) is 41.1 Å². The Morgan fingerprint density at radius 1 is 1.30 bits per heavy atom. The minimum Gasteiger partial charge on any atom is -0.384 e. The third kappa shape index (κ3) is 3.38. The first-order chi connectivity index (χ1) is 9.60. The summed E-state index contributed by atoms with van der Waals surface area (Å²) < 4.78 is 5.00. The van der Waals surface area contributed by atoms with E-state index in [1.54, 1.807) is 13.0 Å². The van der Waals surface area contributed by atoms with Gasteiger partial charge >= 0.3 is 0 Å². The maximum absolute atomic E-state index is 12.3. The van der Waals surface area contributed by atoms with Gasteiger partial charge in [0, 0.05) is 18.3 Å². The van der Waals surface area contributed by atoms with Crippen LogP contribution < -0.4 is 10.6 Å². The second-order valence-electron chi connectivity index (χ2n) is 4.76.